The van der Waals surface area contributed by atoms with Crippen molar-refractivity contribution in [2.45, 2.75) is 62.9 Å². The molecule has 2 aliphatic carbocycles. The standard InChI is InChI=1S/C13H15NO.C10H14FNOS/c15-8-14-13-11-5-1-3-9(11)7-10-4-2-6-12(10)13;1-10(2,13)7-4-5-8(11)9(6-7)14-12-3/h7-8H,1-6H2,(H,14,15);4-6,12-13H,1-3H3. The largest absolute Gasteiger partial charge is 0.386 e. The monoisotopic (exact) mass is 416 g/mol. The highest BCUT2D eigenvalue weighted by Gasteiger charge is 2.23. The van der Waals surface area contributed by atoms with Crippen LogP contribution in [0.25, 0.3) is 0 Å². The summed E-state index contributed by atoms with van der Waals surface area (Å²) in [6.45, 7) is 3.35. The number of aryl methyl sites for hydroxylation is 2. The molecule has 29 heavy (non-hydrogen) atoms. The van der Waals surface area contributed by atoms with Crippen molar-refractivity contribution in [3.05, 3.63) is 57.9 Å². The van der Waals surface area contributed by atoms with E-state index in [-0.39, 0.29) is 5.82 Å². The van der Waals surface area contributed by atoms with Crippen LogP contribution in [0.15, 0.2) is 29.2 Å². The van der Waals surface area contributed by atoms with E-state index in [4.69, 9.17) is 0 Å². The van der Waals surface area contributed by atoms with Crippen LogP contribution in [0.4, 0.5) is 10.1 Å². The molecule has 0 saturated heterocycles. The Morgan fingerprint density at radius 3 is 2.21 bits per heavy atom. The number of carbonyl (C=O) groups excluding carboxylic acids is 1. The summed E-state index contributed by atoms with van der Waals surface area (Å²) in [6, 6.07) is 6.99. The zero-order valence-electron chi connectivity index (χ0n) is 17.3. The molecule has 1 amide bonds. The van der Waals surface area contributed by atoms with Gasteiger partial charge in [-0.15, -0.1) is 0 Å². The van der Waals surface area contributed by atoms with Gasteiger partial charge in [-0.25, -0.2) is 4.39 Å². The number of rotatable bonds is 5. The van der Waals surface area contributed by atoms with E-state index in [1.165, 1.54) is 66.0 Å². The van der Waals surface area contributed by atoms with E-state index in [9.17, 15) is 14.3 Å². The van der Waals surface area contributed by atoms with Gasteiger partial charge in [-0.1, -0.05) is 12.1 Å². The first-order valence-electron chi connectivity index (χ1n) is 10.1. The predicted octanol–water partition coefficient (Wildman–Crippen LogP) is 4.51. The molecule has 2 aromatic carbocycles. The fraction of sp³-hybridized carbons (Fsp3) is 0.435. The molecular weight excluding hydrogens is 387 g/mol. The van der Waals surface area contributed by atoms with Gasteiger partial charge in [0.1, 0.15) is 5.82 Å². The number of carbonyl (C=O) groups is 1. The third-order valence-electron chi connectivity index (χ3n) is 5.53. The molecular formula is C23H29FN2O2S. The number of nitrogens with one attached hydrogen (secondary N) is 2. The Morgan fingerprint density at radius 2 is 1.69 bits per heavy atom. The summed E-state index contributed by atoms with van der Waals surface area (Å²) in [4.78, 5) is 11.2. The average Bonchev–Trinajstić information content (AvgIpc) is 3.32. The number of benzene rings is 2. The molecule has 0 atom stereocenters. The second-order valence-electron chi connectivity index (χ2n) is 8.01. The first kappa shape index (κ1) is 21.8. The van der Waals surface area contributed by atoms with Crippen LogP contribution in [0.2, 0.25) is 0 Å². The predicted molar refractivity (Wildman–Crippen MR) is 117 cm³/mol. The van der Waals surface area contributed by atoms with Crippen LogP contribution in [-0.2, 0) is 36.1 Å². The average molecular weight is 417 g/mol. The van der Waals surface area contributed by atoms with Crippen LogP contribution < -0.4 is 10.0 Å². The van der Waals surface area contributed by atoms with Crippen LogP contribution in [-0.4, -0.2) is 18.6 Å². The summed E-state index contributed by atoms with van der Waals surface area (Å²) >= 11 is 1.20. The van der Waals surface area contributed by atoms with Gasteiger partial charge < -0.3 is 10.4 Å². The molecule has 0 heterocycles. The summed E-state index contributed by atoms with van der Waals surface area (Å²) in [6.07, 6.45) is 7.97. The van der Waals surface area contributed by atoms with Gasteiger partial charge >= 0.3 is 0 Å². The van der Waals surface area contributed by atoms with Crippen LogP contribution in [0, 0.1) is 5.82 Å². The van der Waals surface area contributed by atoms with Gasteiger partial charge in [0.05, 0.1) is 10.5 Å². The molecule has 0 unspecified atom stereocenters. The molecule has 0 aliphatic heterocycles. The Morgan fingerprint density at radius 1 is 1.07 bits per heavy atom. The highest BCUT2D eigenvalue weighted by atomic mass is 32.2. The van der Waals surface area contributed by atoms with Crippen molar-refractivity contribution in [3.8, 4) is 0 Å². The fourth-order valence-electron chi connectivity index (χ4n) is 4.12. The van der Waals surface area contributed by atoms with E-state index in [0.29, 0.717) is 10.5 Å². The van der Waals surface area contributed by atoms with E-state index in [2.05, 4.69) is 16.1 Å². The highest BCUT2D eigenvalue weighted by molar-refractivity contribution is 7.97. The van der Waals surface area contributed by atoms with E-state index >= 15 is 0 Å². The number of hydrogen-bond acceptors (Lipinski definition) is 4. The highest BCUT2D eigenvalue weighted by Crippen LogP contribution is 2.38. The maximum atomic E-state index is 13.2. The van der Waals surface area contributed by atoms with Crippen LogP contribution in [0.3, 0.4) is 0 Å². The SMILES string of the molecule is CNSc1cc(C(C)(C)O)ccc1F.O=CNc1c2c(cc3c1CCC3)CCC2. The summed E-state index contributed by atoms with van der Waals surface area (Å²) < 4.78 is 16.0. The fourth-order valence-corrected chi connectivity index (χ4v) is 4.69. The molecule has 0 bridgehead atoms. The summed E-state index contributed by atoms with van der Waals surface area (Å²) in [5.41, 5.74) is 6.67. The number of amides is 1. The van der Waals surface area contributed by atoms with Crippen molar-refractivity contribution in [1.29, 1.82) is 0 Å². The number of hydrogen-bond donors (Lipinski definition) is 3. The van der Waals surface area contributed by atoms with Crippen molar-refractivity contribution in [2.24, 2.45) is 0 Å². The van der Waals surface area contributed by atoms with Crippen molar-refractivity contribution >= 4 is 24.0 Å². The molecule has 3 N–H and O–H groups in total. The first-order valence-corrected chi connectivity index (χ1v) is 10.9. The van der Waals surface area contributed by atoms with Gasteiger partial charge in [-0.3, -0.25) is 9.52 Å². The van der Waals surface area contributed by atoms with Crippen LogP contribution >= 0.6 is 11.9 Å². The minimum Gasteiger partial charge on any atom is -0.386 e. The quantitative estimate of drug-likeness (QED) is 0.496. The van der Waals surface area contributed by atoms with Gasteiger partial charge in [0, 0.05) is 5.69 Å². The number of fused-ring (bicyclic) bond motifs is 2. The lowest BCUT2D eigenvalue weighted by atomic mass is 9.99. The topological polar surface area (TPSA) is 61.4 Å². The molecule has 0 spiro atoms. The Balaban J connectivity index is 0.000000166. The molecule has 2 aromatic rings. The Kier molecular flexibility index (Phi) is 6.98. The van der Waals surface area contributed by atoms with Gasteiger partial charge in [-0.05, 0) is 111 Å². The zero-order chi connectivity index (χ0) is 21.0. The van der Waals surface area contributed by atoms with Crippen LogP contribution in [0.5, 0.6) is 0 Å². The van der Waals surface area contributed by atoms with Crippen molar-refractivity contribution in [2.75, 3.05) is 12.4 Å². The normalized spacial score (nSPS) is 14.7. The maximum absolute atomic E-state index is 13.2. The van der Waals surface area contributed by atoms with Crippen LogP contribution in [0.1, 0.15) is 54.5 Å². The third kappa shape index (κ3) is 5.00. The van der Waals surface area contributed by atoms with E-state index in [1.807, 2.05) is 0 Å². The summed E-state index contributed by atoms with van der Waals surface area (Å²) in [5.74, 6) is -0.280. The Bertz CT molecular complexity index is 861. The van der Waals surface area contributed by atoms with Crippen molar-refractivity contribution < 1.29 is 14.3 Å². The van der Waals surface area contributed by atoms with E-state index < -0.39 is 5.60 Å². The van der Waals surface area contributed by atoms with Gasteiger partial charge in [-0.2, -0.15) is 0 Å². The smallest absolute Gasteiger partial charge is 0.211 e. The van der Waals surface area contributed by atoms with E-state index in [1.54, 1.807) is 33.0 Å². The zero-order valence-corrected chi connectivity index (χ0v) is 18.1. The molecule has 0 aromatic heterocycles. The number of halogens is 1. The third-order valence-corrected chi connectivity index (χ3v) is 6.26. The first-order chi connectivity index (χ1) is 13.8. The number of aliphatic hydroxyl groups is 1. The second kappa shape index (κ2) is 9.28. The van der Waals surface area contributed by atoms with Gasteiger partial charge in [0.25, 0.3) is 0 Å². The van der Waals surface area contributed by atoms with Crippen molar-refractivity contribution in [1.82, 2.24) is 4.72 Å². The molecule has 6 heteroatoms. The Hall–Kier alpha value is -1.89. The molecule has 4 nitrogen and oxygen atoms in total. The lowest BCUT2D eigenvalue weighted by Crippen LogP contribution is -2.15. The van der Waals surface area contributed by atoms with E-state index in [0.717, 1.165) is 24.9 Å². The Labute approximate surface area is 176 Å². The van der Waals surface area contributed by atoms with Gasteiger partial charge in [0.2, 0.25) is 6.41 Å². The molecule has 2 aliphatic rings. The minimum absolute atomic E-state index is 0.280. The molecule has 0 radical (unpaired) electrons. The second-order valence-corrected chi connectivity index (χ2v) is 9.06. The molecule has 0 fully saturated rings. The lowest BCUT2D eigenvalue weighted by molar-refractivity contribution is -0.105. The molecule has 4 rings (SSSR count). The van der Waals surface area contributed by atoms with Gasteiger partial charge in [0.15, 0.2) is 0 Å². The maximum Gasteiger partial charge on any atom is 0.211 e. The molecule has 0 saturated carbocycles. The summed E-state index contributed by atoms with van der Waals surface area (Å²) in [5, 5.41) is 12.6. The number of anilines is 1. The van der Waals surface area contributed by atoms with Crippen molar-refractivity contribution in [3.63, 3.8) is 0 Å². The molecule has 156 valence electrons. The summed E-state index contributed by atoms with van der Waals surface area (Å²) in [7, 11) is 1.72. The minimum atomic E-state index is -0.934. The lowest BCUT2D eigenvalue weighted by Gasteiger charge is -2.18.